The fraction of sp³-hybridized carbons (Fsp3) is 0.643. The Balaban J connectivity index is 1.87. The van der Waals surface area contributed by atoms with Crippen molar-refractivity contribution < 1.29 is 4.74 Å². The minimum atomic E-state index is 0.541. The van der Waals surface area contributed by atoms with Crippen molar-refractivity contribution in [1.29, 1.82) is 0 Å². The monoisotopic (exact) mass is 249 g/mol. The average molecular weight is 249 g/mol. The van der Waals surface area contributed by atoms with Crippen LogP contribution in [-0.2, 0) is 0 Å². The molecule has 18 heavy (non-hydrogen) atoms. The number of hydrogen-bond acceptors (Lipinski definition) is 4. The molecule has 2 rings (SSSR count). The molecule has 1 aromatic heterocycles. The molecule has 4 heteroatoms. The van der Waals surface area contributed by atoms with Gasteiger partial charge in [-0.25, -0.2) is 0 Å². The van der Waals surface area contributed by atoms with Gasteiger partial charge in [0.25, 0.3) is 0 Å². The number of ether oxygens (including phenoxy) is 1. The van der Waals surface area contributed by atoms with E-state index >= 15 is 0 Å². The summed E-state index contributed by atoms with van der Waals surface area (Å²) >= 11 is 0. The predicted octanol–water partition coefficient (Wildman–Crippen LogP) is 2.42. The minimum Gasteiger partial charge on any atom is -0.478 e. The number of aromatic nitrogens is 1. The SMILES string of the molecule is CCOc1cccc(NC2CCC(NC)CC2)n1. The Morgan fingerprint density at radius 2 is 1.94 bits per heavy atom. The van der Waals surface area contributed by atoms with Crippen molar-refractivity contribution in [3.8, 4) is 5.88 Å². The molecule has 0 bridgehead atoms. The highest BCUT2D eigenvalue weighted by molar-refractivity contribution is 5.38. The van der Waals surface area contributed by atoms with Crippen molar-refractivity contribution >= 4 is 5.82 Å². The molecule has 0 atom stereocenters. The van der Waals surface area contributed by atoms with E-state index in [0.717, 1.165) is 5.82 Å². The minimum absolute atomic E-state index is 0.541. The van der Waals surface area contributed by atoms with Crippen molar-refractivity contribution in [2.24, 2.45) is 0 Å². The molecule has 1 aromatic rings. The van der Waals surface area contributed by atoms with Gasteiger partial charge in [-0.05, 0) is 45.7 Å². The maximum absolute atomic E-state index is 5.41. The van der Waals surface area contributed by atoms with Crippen molar-refractivity contribution in [2.45, 2.75) is 44.7 Å². The van der Waals surface area contributed by atoms with Crippen molar-refractivity contribution in [3.05, 3.63) is 18.2 Å². The van der Waals surface area contributed by atoms with Gasteiger partial charge in [-0.15, -0.1) is 0 Å². The molecule has 1 aliphatic rings. The van der Waals surface area contributed by atoms with Gasteiger partial charge in [0.15, 0.2) is 0 Å². The smallest absolute Gasteiger partial charge is 0.215 e. The van der Waals surface area contributed by atoms with Crippen LogP contribution in [-0.4, -0.2) is 30.7 Å². The van der Waals surface area contributed by atoms with Crippen LogP contribution in [0.15, 0.2) is 18.2 Å². The van der Waals surface area contributed by atoms with Gasteiger partial charge in [-0.3, -0.25) is 0 Å². The second-order valence-corrected chi connectivity index (χ2v) is 4.78. The molecule has 0 aromatic carbocycles. The Hall–Kier alpha value is -1.29. The Morgan fingerprint density at radius 1 is 1.22 bits per heavy atom. The molecule has 100 valence electrons. The lowest BCUT2D eigenvalue weighted by atomic mass is 9.91. The van der Waals surface area contributed by atoms with Crippen LogP contribution >= 0.6 is 0 Å². The molecule has 1 saturated carbocycles. The lowest BCUT2D eigenvalue weighted by Crippen LogP contribution is -2.35. The second kappa shape index (κ2) is 6.59. The van der Waals surface area contributed by atoms with Crippen LogP contribution in [0.5, 0.6) is 5.88 Å². The highest BCUT2D eigenvalue weighted by atomic mass is 16.5. The van der Waals surface area contributed by atoms with Crippen LogP contribution in [0.4, 0.5) is 5.82 Å². The van der Waals surface area contributed by atoms with Crippen LogP contribution in [0.3, 0.4) is 0 Å². The Labute approximate surface area is 109 Å². The summed E-state index contributed by atoms with van der Waals surface area (Å²) in [6, 6.07) is 7.11. The summed E-state index contributed by atoms with van der Waals surface area (Å²) in [6.45, 7) is 2.63. The summed E-state index contributed by atoms with van der Waals surface area (Å²) in [6.07, 6.45) is 4.87. The van der Waals surface area contributed by atoms with Crippen LogP contribution in [0.1, 0.15) is 32.6 Å². The molecule has 0 aliphatic heterocycles. The van der Waals surface area contributed by atoms with Crippen LogP contribution in [0, 0.1) is 0 Å². The summed E-state index contributed by atoms with van der Waals surface area (Å²) in [5.41, 5.74) is 0. The average Bonchev–Trinajstić information content (AvgIpc) is 2.40. The largest absolute Gasteiger partial charge is 0.478 e. The number of nitrogens with zero attached hydrogens (tertiary/aromatic N) is 1. The van der Waals surface area contributed by atoms with Gasteiger partial charge < -0.3 is 15.4 Å². The zero-order chi connectivity index (χ0) is 12.8. The third-order valence-electron chi connectivity index (χ3n) is 3.50. The van der Waals surface area contributed by atoms with E-state index in [9.17, 15) is 0 Å². The number of rotatable bonds is 5. The van der Waals surface area contributed by atoms with E-state index in [2.05, 4.69) is 15.6 Å². The van der Waals surface area contributed by atoms with E-state index in [-0.39, 0.29) is 0 Å². The van der Waals surface area contributed by atoms with Crippen LogP contribution in [0.25, 0.3) is 0 Å². The van der Waals surface area contributed by atoms with Crippen LogP contribution < -0.4 is 15.4 Å². The summed E-state index contributed by atoms with van der Waals surface area (Å²) in [7, 11) is 2.05. The quantitative estimate of drug-likeness (QED) is 0.841. The van der Waals surface area contributed by atoms with Gasteiger partial charge in [0, 0.05) is 18.2 Å². The van der Waals surface area contributed by atoms with Gasteiger partial charge in [0.05, 0.1) is 6.61 Å². The standard InChI is InChI=1S/C14H23N3O/c1-3-18-14-6-4-5-13(17-14)16-12-9-7-11(15-2)8-10-12/h4-6,11-12,15H,3,7-10H2,1-2H3,(H,16,17). The summed E-state index contributed by atoms with van der Waals surface area (Å²) < 4.78 is 5.41. The van der Waals surface area contributed by atoms with E-state index in [4.69, 9.17) is 4.74 Å². The molecular weight excluding hydrogens is 226 g/mol. The molecule has 0 unspecified atom stereocenters. The maximum atomic E-state index is 5.41. The zero-order valence-corrected chi connectivity index (χ0v) is 11.3. The first-order chi connectivity index (χ1) is 8.81. The van der Waals surface area contributed by atoms with Gasteiger partial charge in [-0.1, -0.05) is 6.07 Å². The number of nitrogens with one attached hydrogen (secondary N) is 2. The molecule has 0 amide bonds. The second-order valence-electron chi connectivity index (χ2n) is 4.78. The molecular formula is C14H23N3O. The highest BCUT2D eigenvalue weighted by Crippen LogP contribution is 2.22. The zero-order valence-electron chi connectivity index (χ0n) is 11.3. The van der Waals surface area contributed by atoms with E-state index in [1.165, 1.54) is 25.7 Å². The van der Waals surface area contributed by atoms with Crippen molar-refractivity contribution in [1.82, 2.24) is 10.3 Å². The Morgan fingerprint density at radius 3 is 2.61 bits per heavy atom. The van der Waals surface area contributed by atoms with Gasteiger partial charge in [0.1, 0.15) is 5.82 Å². The third-order valence-corrected chi connectivity index (χ3v) is 3.50. The van der Waals surface area contributed by atoms with E-state index in [0.29, 0.717) is 24.6 Å². The molecule has 1 fully saturated rings. The Kier molecular flexibility index (Phi) is 4.81. The lowest BCUT2D eigenvalue weighted by molar-refractivity contribution is 0.327. The van der Waals surface area contributed by atoms with Crippen molar-refractivity contribution in [3.63, 3.8) is 0 Å². The summed E-state index contributed by atoms with van der Waals surface area (Å²) in [5.74, 6) is 1.63. The van der Waals surface area contributed by atoms with Gasteiger partial charge in [-0.2, -0.15) is 4.98 Å². The first-order valence-electron chi connectivity index (χ1n) is 6.85. The molecule has 0 spiro atoms. The first-order valence-corrected chi connectivity index (χ1v) is 6.85. The number of pyridine rings is 1. The Bertz CT molecular complexity index is 362. The van der Waals surface area contributed by atoms with E-state index in [1.54, 1.807) is 0 Å². The molecule has 0 radical (unpaired) electrons. The topological polar surface area (TPSA) is 46.2 Å². The summed E-state index contributed by atoms with van der Waals surface area (Å²) in [5, 5.41) is 6.86. The third kappa shape index (κ3) is 3.60. The lowest BCUT2D eigenvalue weighted by Gasteiger charge is -2.29. The highest BCUT2D eigenvalue weighted by Gasteiger charge is 2.19. The van der Waals surface area contributed by atoms with Gasteiger partial charge >= 0.3 is 0 Å². The fourth-order valence-electron chi connectivity index (χ4n) is 2.46. The summed E-state index contributed by atoms with van der Waals surface area (Å²) in [4.78, 5) is 4.45. The van der Waals surface area contributed by atoms with Crippen molar-refractivity contribution in [2.75, 3.05) is 19.0 Å². The molecule has 1 heterocycles. The maximum Gasteiger partial charge on any atom is 0.215 e. The molecule has 1 aliphatic carbocycles. The fourth-order valence-corrected chi connectivity index (χ4v) is 2.46. The molecule has 0 saturated heterocycles. The van der Waals surface area contributed by atoms with Gasteiger partial charge in [0.2, 0.25) is 5.88 Å². The predicted molar refractivity (Wildman–Crippen MR) is 74.1 cm³/mol. The molecule has 2 N–H and O–H groups in total. The van der Waals surface area contributed by atoms with E-state index < -0.39 is 0 Å². The normalized spacial score (nSPS) is 23.7. The van der Waals surface area contributed by atoms with E-state index in [1.807, 2.05) is 32.2 Å². The number of anilines is 1. The molecule has 4 nitrogen and oxygen atoms in total. The number of hydrogen-bond donors (Lipinski definition) is 2. The first kappa shape index (κ1) is 13.1. The van der Waals surface area contributed by atoms with Crippen LogP contribution in [0.2, 0.25) is 0 Å².